The molecule has 0 aliphatic carbocycles. The van der Waals surface area contributed by atoms with Crippen LogP contribution in [0.1, 0.15) is 39.0 Å². The van der Waals surface area contributed by atoms with Crippen LogP contribution in [0.15, 0.2) is 101 Å². The van der Waals surface area contributed by atoms with Crippen molar-refractivity contribution in [3.8, 4) is 0 Å². The third-order valence-corrected chi connectivity index (χ3v) is 9.39. The molecule has 0 fully saturated rings. The van der Waals surface area contributed by atoms with E-state index >= 15 is 0 Å². The van der Waals surface area contributed by atoms with E-state index in [0.717, 1.165) is 47.7 Å². The minimum atomic E-state index is -3.26. The molecule has 3 aromatic carbocycles. The van der Waals surface area contributed by atoms with Crippen molar-refractivity contribution >= 4 is 36.1 Å². The van der Waals surface area contributed by atoms with Crippen molar-refractivity contribution < 1.29 is 18.8 Å². The second-order valence-corrected chi connectivity index (χ2v) is 11.2. The minimum Gasteiger partial charge on any atom is -0.487 e. The van der Waals surface area contributed by atoms with Gasteiger partial charge in [-0.3, -0.25) is 0 Å². The van der Waals surface area contributed by atoms with Gasteiger partial charge in [0, 0.05) is 0 Å². The first-order chi connectivity index (χ1) is 16.7. The van der Waals surface area contributed by atoms with Crippen molar-refractivity contribution in [3.05, 3.63) is 91.0 Å². The summed E-state index contributed by atoms with van der Waals surface area (Å²) in [6.07, 6.45) is 3.34. The Morgan fingerprint density at radius 1 is 0.647 bits per heavy atom. The molecule has 2 amide bonds. The van der Waals surface area contributed by atoms with Gasteiger partial charge in [-0.05, 0) is 22.0 Å². The molecule has 6 nitrogen and oxygen atoms in total. The van der Waals surface area contributed by atoms with Gasteiger partial charge in [0.2, 0.25) is 0 Å². The lowest BCUT2D eigenvalue weighted by Crippen LogP contribution is -2.69. The van der Waals surface area contributed by atoms with Crippen LogP contribution in [0.5, 0.6) is 0 Å². The molecule has 0 spiro atoms. The second kappa shape index (κ2) is 13.2. The lowest BCUT2D eigenvalue weighted by Gasteiger charge is -2.31. The quantitative estimate of drug-likeness (QED) is 0.172. The normalized spacial score (nSPS) is 11.3. The van der Waals surface area contributed by atoms with Gasteiger partial charge >= 0.3 is 20.5 Å². The summed E-state index contributed by atoms with van der Waals surface area (Å²) in [5.41, 5.74) is 0. The van der Waals surface area contributed by atoms with Crippen LogP contribution in [0.2, 0.25) is 0 Å². The maximum Gasteiger partial charge on any atom is 0.452 e. The number of azo groups is 1. The van der Waals surface area contributed by atoms with Crippen LogP contribution in [-0.2, 0) is 9.16 Å². The highest BCUT2D eigenvalue weighted by atomic mass is 28.4. The first-order valence-electron chi connectivity index (χ1n) is 11.6. The summed E-state index contributed by atoms with van der Waals surface area (Å²) in [4.78, 5) is 24.8. The number of rotatable bonds is 10. The molecule has 0 saturated carbocycles. The third kappa shape index (κ3) is 6.71. The number of benzene rings is 3. The average molecular weight is 475 g/mol. The molecule has 0 heterocycles. The van der Waals surface area contributed by atoms with E-state index in [9.17, 15) is 9.59 Å². The van der Waals surface area contributed by atoms with Gasteiger partial charge in [0.05, 0.1) is 6.61 Å². The van der Waals surface area contributed by atoms with Crippen LogP contribution < -0.4 is 15.6 Å². The molecule has 0 aliphatic heterocycles. The number of unbranched alkanes of at least 4 members (excludes halogenated alkanes) is 4. The molecule has 0 aliphatic rings. The Morgan fingerprint density at radius 3 is 1.56 bits per heavy atom. The maximum absolute atomic E-state index is 12.9. The smallest absolute Gasteiger partial charge is 0.452 e. The summed E-state index contributed by atoms with van der Waals surface area (Å²) < 4.78 is 11.2. The van der Waals surface area contributed by atoms with Gasteiger partial charge in [-0.25, -0.2) is 9.59 Å². The molecule has 0 unspecified atom stereocenters. The van der Waals surface area contributed by atoms with Crippen molar-refractivity contribution in [3.63, 3.8) is 0 Å². The van der Waals surface area contributed by atoms with Crippen LogP contribution in [0.25, 0.3) is 0 Å². The molecule has 0 bridgehead atoms. The molecule has 176 valence electrons. The molecule has 7 heteroatoms. The second-order valence-electron chi connectivity index (χ2n) is 7.88. The summed E-state index contributed by atoms with van der Waals surface area (Å²) in [5.74, 6) is 0. The first-order valence-corrected chi connectivity index (χ1v) is 13.6. The Bertz CT molecular complexity index is 963. The van der Waals surface area contributed by atoms with E-state index in [-0.39, 0.29) is 6.61 Å². The van der Waals surface area contributed by atoms with E-state index in [4.69, 9.17) is 9.16 Å². The van der Waals surface area contributed by atoms with E-state index in [1.54, 1.807) is 0 Å². The van der Waals surface area contributed by atoms with Crippen LogP contribution >= 0.6 is 0 Å². The van der Waals surface area contributed by atoms with Gasteiger partial charge in [-0.15, -0.1) is 0 Å². The van der Waals surface area contributed by atoms with Crippen molar-refractivity contribution in [2.45, 2.75) is 39.0 Å². The number of nitrogens with zero attached hydrogens (tertiary/aromatic N) is 2. The molecule has 0 aromatic heterocycles. The molecule has 0 atom stereocenters. The lowest BCUT2D eigenvalue weighted by molar-refractivity contribution is 0.151. The van der Waals surface area contributed by atoms with Gasteiger partial charge in [0.15, 0.2) is 0 Å². The molecular weight excluding hydrogens is 444 g/mol. The summed E-state index contributed by atoms with van der Waals surface area (Å²) in [5, 5.41) is 9.61. The van der Waals surface area contributed by atoms with Gasteiger partial charge in [-0.2, -0.15) is 0 Å². The fourth-order valence-electron chi connectivity index (χ4n) is 3.82. The molecule has 0 saturated heterocycles. The van der Waals surface area contributed by atoms with E-state index in [2.05, 4.69) is 17.2 Å². The summed E-state index contributed by atoms with van der Waals surface area (Å²) in [6, 6.07) is 28.9. The van der Waals surface area contributed by atoms with Gasteiger partial charge in [-0.1, -0.05) is 134 Å². The third-order valence-electron chi connectivity index (χ3n) is 5.47. The fraction of sp³-hybridized carbons (Fsp3) is 0.259. The SMILES string of the molecule is CCCCCCCOC(=O)N=NC(=O)O[Si](c1ccccc1)(c1ccccc1)c1ccccc1. The molecule has 3 aromatic rings. The Hall–Kier alpha value is -3.58. The molecule has 34 heavy (non-hydrogen) atoms. The number of ether oxygens (including phenoxy) is 1. The predicted molar refractivity (Wildman–Crippen MR) is 135 cm³/mol. The number of carbonyl (C=O) groups excluding carboxylic acids is 2. The number of hydrogen-bond acceptors (Lipinski definition) is 4. The highest BCUT2D eigenvalue weighted by molar-refractivity contribution is 7.07. The Balaban J connectivity index is 1.82. The number of amides is 2. The summed E-state index contributed by atoms with van der Waals surface area (Å²) >= 11 is 0. The van der Waals surface area contributed by atoms with Crippen molar-refractivity contribution in [2.24, 2.45) is 10.2 Å². The number of hydrogen-bond donors (Lipinski definition) is 0. The van der Waals surface area contributed by atoms with Gasteiger partial charge in [0.1, 0.15) is 0 Å². The number of carbonyl (C=O) groups is 2. The zero-order valence-corrected chi connectivity index (χ0v) is 20.4. The van der Waals surface area contributed by atoms with Crippen molar-refractivity contribution in [1.29, 1.82) is 0 Å². The van der Waals surface area contributed by atoms with E-state index in [1.807, 2.05) is 91.0 Å². The monoisotopic (exact) mass is 474 g/mol. The van der Waals surface area contributed by atoms with Gasteiger partial charge < -0.3 is 9.16 Å². The first kappa shape index (κ1) is 25.0. The topological polar surface area (TPSA) is 77.3 Å². The Morgan fingerprint density at radius 2 is 1.09 bits per heavy atom. The highest BCUT2D eigenvalue weighted by Gasteiger charge is 2.45. The van der Waals surface area contributed by atoms with E-state index in [0.29, 0.717) is 0 Å². The molecular formula is C27H30N2O4Si. The van der Waals surface area contributed by atoms with Crippen LogP contribution in [0.3, 0.4) is 0 Å². The standard InChI is InChI=1S/C27H30N2O4Si/c1-2-3-4-5-15-22-32-26(30)28-29-27(31)33-34(23-16-9-6-10-17-23,24-18-11-7-12-19-24)25-20-13-8-14-21-25/h6-14,16-21H,2-5,15,22H2,1H3. The van der Waals surface area contributed by atoms with Crippen LogP contribution in [0.4, 0.5) is 9.59 Å². The molecule has 0 N–H and O–H groups in total. The van der Waals surface area contributed by atoms with Crippen molar-refractivity contribution in [2.75, 3.05) is 6.61 Å². The predicted octanol–water partition coefficient (Wildman–Crippen LogP) is 5.35. The average Bonchev–Trinajstić information content (AvgIpc) is 2.89. The highest BCUT2D eigenvalue weighted by Crippen LogP contribution is 2.11. The minimum absolute atomic E-state index is 0.257. The van der Waals surface area contributed by atoms with Gasteiger partial charge in [0.25, 0.3) is 0 Å². The fourth-order valence-corrected chi connectivity index (χ4v) is 7.46. The Labute approximate surface area is 201 Å². The molecule has 3 rings (SSSR count). The summed E-state index contributed by atoms with van der Waals surface area (Å²) in [6.45, 7) is 2.40. The zero-order chi connectivity index (χ0) is 24.1. The van der Waals surface area contributed by atoms with Crippen molar-refractivity contribution in [1.82, 2.24) is 0 Å². The maximum atomic E-state index is 12.9. The van der Waals surface area contributed by atoms with Crippen LogP contribution in [-0.4, -0.2) is 27.1 Å². The Kier molecular flexibility index (Phi) is 9.73. The van der Waals surface area contributed by atoms with E-state index in [1.165, 1.54) is 0 Å². The molecule has 0 radical (unpaired) electrons. The van der Waals surface area contributed by atoms with E-state index < -0.39 is 20.5 Å². The van der Waals surface area contributed by atoms with Crippen LogP contribution in [0, 0.1) is 0 Å². The largest absolute Gasteiger partial charge is 0.487 e. The summed E-state index contributed by atoms with van der Waals surface area (Å²) in [7, 11) is -3.26. The zero-order valence-electron chi connectivity index (χ0n) is 19.4. The lowest BCUT2D eigenvalue weighted by atomic mass is 10.2.